The maximum atomic E-state index is 2.49. The number of nitrogens with zero attached hydrogens (tertiary/aromatic N) is 4. The largest absolute Gasteiger partial charge is 0.309 e. The molecule has 0 unspecified atom stereocenters. The standard InChI is InChI=1S/C54H34N4/c1-2-15-35(16-3-1)57-49-26-12-8-21-42(49)45-22-14-28-51(54(45)57)58-50-27-13-7-20-41(50)44-32-30-37(34-53(44)58)56-48-25-11-6-19-40(48)43-31-29-36(33-52(43)56)55-46-23-9-4-17-38(46)39-18-5-10-24-47(39)55/h1-34H. The van der Waals surface area contributed by atoms with Crippen LogP contribution in [0.3, 0.4) is 0 Å². The first-order valence-corrected chi connectivity index (χ1v) is 20.0. The molecular weight excluding hydrogens is 705 g/mol. The molecule has 58 heavy (non-hydrogen) atoms. The number of hydrogen-bond acceptors (Lipinski definition) is 0. The van der Waals surface area contributed by atoms with Crippen molar-refractivity contribution >= 4 is 87.2 Å². The van der Waals surface area contributed by atoms with Gasteiger partial charge < -0.3 is 18.3 Å². The van der Waals surface area contributed by atoms with Gasteiger partial charge in [0.25, 0.3) is 0 Å². The molecule has 0 saturated heterocycles. The molecule has 0 spiro atoms. The highest BCUT2D eigenvalue weighted by atomic mass is 15.1. The molecule has 4 aromatic heterocycles. The minimum absolute atomic E-state index is 1.12. The van der Waals surface area contributed by atoms with Crippen LogP contribution in [0, 0.1) is 0 Å². The van der Waals surface area contributed by atoms with Gasteiger partial charge in [0.15, 0.2) is 0 Å². The van der Waals surface area contributed by atoms with Crippen LogP contribution in [-0.2, 0) is 0 Å². The molecule has 0 amide bonds. The van der Waals surface area contributed by atoms with Gasteiger partial charge in [-0.1, -0.05) is 133 Å². The average Bonchev–Trinajstić information content (AvgIpc) is 4.01. The van der Waals surface area contributed by atoms with Crippen LogP contribution in [0.15, 0.2) is 206 Å². The summed E-state index contributed by atoms with van der Waals surface area (Å²) in [7, 11) is 0. The van der Waals surface area contributed by atoms with Crippen molar-refractivity contribution in [2.75, 3.05) is 0 Å². The second-order valence-electron chi connectivity index (χ2n) is 15.3. The topological polar surface area (TPSA) is 19.7 Å². The Morgan fingerprint density at radius 1 is 0.207 bits per heavy atom. The summed E-state index contributed by atoms with van der Waals surface area (Å²) in [6, 6.07) is 75.5. The van der Waals surface area contributed by atoms with E-state index in [0.29, 0.717) is 0 Å². The molecular formula is C54H34N4. The van der Waals surface area contributed by atoms with E-state index in [9.17, 15) is 0 Å². The third kappa shape index (κ3) is 4.23. The Morgan fingerprint density at radius 3 is 1.09 bits per heavy atom. The van der Waals surface area contributed by atoms with E-state index in [1.807, 2.05) is 0 Å². The van der Waals surface area contributed by atoms with Crippen LogP contribution < -0.4 is 0 Å². The van der Waals surface area contributed by atoms with Crippen molar-refractivity contribution in [3.8, 4) is 22.7 Å². The average molecular weight is 739 g/mol. The van der Waals surface area contributed by atoms with E-state index in [1.165, 1.54) is 87.2 Å². The van der Waals surface area contributed by atoms with E-state index >= 15 is 0 Å². The fourth-order valence-corrected chi connectivity index (χ4v) is 9.96. The van der Waals surface area contributed by atoms with Crippen molar-refractivity contribution in [1.82, 2.24) is 18.3 Å². The zero-order valence-electron chi connectivity index (χ0n) is 31.4. The van der Waals surface area contributed by atoms with Gasteiger partial charge >= 0.3 is 0 Å². The maximum absolute atomic E-state index is 2.49. The summed E-state index contributed by atoms with van der Waals surface area (Å²) < 4.78 is 9.81. The summed E-state index contributed by atoms with van der Waals surface area (Å²) in [5.41, 5.74) is 14.1. The monoisotopic (exact) mass is 738 g/mol. The summed E-state index contributed by atoms with van der Waals surface area (Å²) in [5, 5.41) is 9.94. The van der Waals surface area contributed by atoms with Gasteiger partial charge in [-0.2, -0.15) is 0 Å². The lowest BCUT2D eigenvalue weighted by Crippen LogP contribution is -2.01. The summed E-state index contributed by atoms with van der Waals surface area (Å²) in [5.74, 6) is 0. The zero-order chi connectivity index (χ0) is 37.9. The van der Waals surface area contributed by atoms with Crippen LogP contribution in [0.2, 0.25) is 0 Å². The van der Waals surface area contributed by atoms with E-state index in [-0.39, 0.29) is 0 Å². The Bertz CT molecular complexity index is 3740. The predicted octanol–water partition coefficient (Wildman–Crippen LogP) is 14.1. The van der Waals surface area contributed by atoms with E-state index in [0.717, 1.165) is 22.7 Å². The molecule has 0 radical (unpaired) electrons. The first-order valence-electron chi connectivity index (χ1n) is 20.0. The van der Waals surface area contributed by atoms with Crippen LogP contribution in [0.4, 0.5) is 0 Å². The van der Waals surface area contributed by atoms with Crippen molar-refractivity contribution in [3.63, 3.8) is 0 Å². The molecule has 0 N–H and O–H groups in total. The number of benzene rings is 9. The Morgan fingerprint density at radius 2 is 0.569 bits per heavy atom. The maximum Gasteiger partial charge on any atom is 0.0782 e. The Balaban J connectivity index is 1.12. The number of fused-ring (bicyclic) bond motifs is 12. The van der Waals surface area contributed by atoms with Crippen molar-refractivity contribution in [2.24, 2.45) is 0 Å². The van der Waals surface area contributed by atoms with Crippen LogP contribution >= 0.6 is 0 Å². The molecule has 0 saturated carbocycles. The number of para-hydroxylation sites is 7. The van der Waals surface area contributed by atoms with Gasteiger partial charge in [0.1, 0.15) is 0 Å². The van der Waals surface area contributed by atoms with Gasteiger partial charge in [0.05, 0.1) is 49.8 Å². The predicted molar refractivity (Wildman–Crippen MR) is 244 cm³/mol. The fraction of sp³-hybridized carbons (Fsp3) is 0. The van der Waals surface area contributed by atoms with E-state index in [2.05, 4.69) is 225 Å². The van der Waals surface area contributed by atoms with Crippen LogP contribution in [-0.4, -0.2) is 18.3 Å². The van der Waals surface area contributed by atoms with Gasteiger partial charge in [-0.25, -0.2) is 0 Å². The highest BCUT2D eigenvalue weighted by Crippen LogP contribution is 2.42. The summed E-state index contributed by atoms with van der Waals surface area (Å²) in [6.45, 7) is 0. The highest BCUT2D eigenvalue weighted by molar-refractivity contribution is 6.16. The summed E-state index contributed by atoms with van der Waals surface area (Å²) >= 11 is 0. The smallest absolute Gasteiger partial charge is 0.0782 e. The molecule has 4 nitrogen and oxygen atoms in total. The molecule has 13 aromatic rings. The minimum Gasteiger partial charge on any atom is -0.309 e. The van der Waals surface area contributed by atoms with Gasteiger partial charge in [-0.15, -0.1) is 0 Å². The Hall–Kier alpha value is -7.82. The van der Waals surface area contributed by atoms with E-state index < -0.39 is 0 Å². The van der Waals surface area contributed by atoms with Crippen molar-refractivity contribution in [2.45, 2.75) is 0 Å². The summed E-state index contributed by atoms with van der Waals surface area (Å²) in [4.78, 5) is 0. The first kappa shape index (κ1) is 31.4. The lowest BCUT2D eigenvalue weighted by molar-refractivity contribution is 1.12. The van der Waals surface area contributed by atoms with Crippen molar-refractivity contribution in [3.05, 3.63) is 206 Å². The molecule has 0 aliphatic heterocycles. The lowest BCUT2D eigenvalue weighted by Gasteiger charge is -2.15. The normalized spacial score (nSPS) is 12.1. The molecule has 270 valence electrons. The zero-order valence-corrected chi connectivity index (χ0v) is 31.4. The second kappa shape index (κ2) is 11.8. The van der Waals surface area contributed by atoms with Crippen molar-refractivity contribution < 1.29 is 0 Å². The molecule has 0 atom stereocenters. The molecule has 13 rings (SSSR count). The third-order valence-corrected chi connectivity index (χ3v) is 12.3. The van der Waals surface area contributed by atoms with Gasteiger partial charge in [0, 0.05) is 60.2 Å². The molecule has 0 bridgehead atoms. The first-order chi connectivity index (χ1) is 28.8. The van der Waals surface area contributed by atoms with Gasteiger partial charge in [-0.05, 0) is 72.8 Å². The molecule has 0 fully saturated rings. The lowest BCUT2D eigenvalue weighted by atomic mass is 10.1. The molecule has 0 aliphatic rings. The molecule has 4 heteroatoms. The van der Waals surface area contributed by atoms with Crippen LogP contribution in [0.5, 0.6) is 0 Å². The Kier molecular flexibility index (Phi) is 6.41. The highest BCUT2D eigenvalue weighted by Gasteiger charge is 2.22. The van der Waals surface area contributed by atoms with Crippen LogP contribution in [0.25, 0.3) is 110 Å². The van der Waals surface area contributed by atoms with Gasteiger partial charge in [-0.3, -0.25) is 0 Å². The van der Waals surface area contributed by atoms with Crippen molar-refractivity contribution in [1.29, 1.82) is 0 Å². The molecule has 0 aliphatic carbocycles. The fourth-order valence-electron chi connectivity index (χ4n) is 9.96. The number of hydrogen-bond donors (Lipinski definition) is 0. The quantitative estimate of drug-likeness (QED) is 0.171. The Labute approximate surface area is 333 Å². The number of aromatic nitrogens is 4. The second-order valence-corrected chi connectivity index (χ2v) is 15.3. The molecule has 9 aromatic carbocycles. The number of rotatable bonds is 4. The summed E-state index contributed by atoms with van der Waals surface area (Å²) in [6.07, 6.45) is 0. The SMILES string of the molecule is c1ccc(-n2c3ccccc3c3cccc(-n4c5ccccc5c5ccc(-n6c7ccccc7c7ccc(-n8c9ccccc9c9ccccc98)cc76)cc54)c32)cc1. The third-order valence-electron chi connectivity index (χ3n) is 12.3. The minimum atomic E-state index is 1.12. The van der Waals surface area contributed by atoms with Crippen LogP contribution in [0.1, 0.15) is 0 Å². The molecule has 4 heterocycles. The van der Waals surface area contributed by atoms with E-state index in [1.54, 1.807) is 0 Å². The van der Waals surface area contributed by atoms with Gasteiger partial charge in [0.2, 0.25) is 0 Å². The van der Waals surface area contributed by atoms with E-state index in [4.69, 9.17) is 0 Å².